The average molecular weight is 456 g/mol. The zero-order valence-corrected chi connectivity index (χ0v) is 18.1. The van der Waals surface area contributed by atoms with E-state index in [1.54, 1.807) is 11.8 Å². The van der Waals surface area contributed by atoms with Gasteiger partial charge in [-0.25, -0.2) is 4.98 Å². The number of carbonyl (C=O) groups is 1. The Balaban J connectivity index is 1.60. The number of benzene rings is 2. The van der Waals surface area contributed by atoms with Crippen LogP contribution in [0.2, 0.25) is 0 Å². The molecule has 1 heterocycles. The monoisotopic (exact) mass is 455 g/mol. The Morgan fingerprint density at radius 2 is 2.00 bits per heavy atom. The van der Waals surface area contributed by atoms with Crippen molar-refractivity contribution in [2.45, 2.75) is 24.7 Å². The zero-order chi connectivity index (χ0) is 19.8. The number of hydrogen-bond donors (Lipinski definition) is 0. The quantitative estimate of drug-likeness (QED) is 0.217. The third kappa shape index (κ3) is 6.21. The van der Waals surface area contributed by atoms with Gasteiger partial charge in [0.2, 0.25) is 0 Å². The van der Waals surface area contributed by atoms with Crippen LogP contribution in [0.15, 0.2) is 64.0 Å². The molecule has 3 nitrogen and oxygen atoms in total. The van der Waals surface area contributed by atoms with E-state index in [-0.39, 0.29) is 5.97 Å². The van der Waals surface area contributed by atoms with Gasteiger partial charge in [0.25, 0.3) is 0 Å². The van der Waals surface area contributed by atoms with Gasteiger partial charge in [-0.15, -0.1) is 11.8 Å². The number of rotatable bonds is 8. The summed E-state index contributed by atoms with van der Waals surface area (Å²) in [5.74, 6) is 0.780. The Kier molecular flexibility index (Phi) is 7.69. The molecule has 3 rings (SSSR count). The van der Waals surface area contributed by atoms with Crippen molar-refractivity contribution in [3.05, 3.63) is 70.3 Å². The van der Waals surface area contributed by atoms with Crippen molar-refractivity contribution in [2.24, 2.45) is 0 Å². The molecule has 0 bridgehead atoms. The summed E-state index contributed by atoms with van der Waals surface area (Å²) in [5, 5.41) is 1.13. The minimum absolute atomic E-state index is 0.116. The number of halogens is 1. The minimum atomic E-state index is -0.116. The van der Waals surface area contributed by atoms with E-state index in [1.165, 1.54) is 4.90 Å². The van der Waals surface area contributed by atoms with Crippen LogP contribution in [0.3, 0.4) is 0 Å². The predicted octanol–water partition coefficient (Wildman–Crippen LogP) is 6.60. The summed E-state index contributed by atoms with van der Waals surface area (Å²) < 4.78 is 5.98. The van der Waals surface area contributed by atoms with Gasteiger partial charge >= 0.3 is 5.97 Å². The van der Waals surface area contributed by atoms with Crippen LogP contribution < -0.4 is 0 Å². The maximum Gasteiger partial charge on any atom is 0.305 e. The lowest BCUT2D eigenvalue weighted by atomic mass is 10.1. The molecule has 0 unspecified atom stereocenters. The lowest BCUT2D eigenvalue weighted by Crippen LogP contribution is -2.03. The summed E-state index contributed by atoms with van der Waals surface area (Å²) in [6.45, 7) is 2.28. The Morgan fingerprint density at radius 3 is 2.86 bits per heavy atom. The molecule has 1 aromatic heterocycles. The van der Waals surface area contributed by atoms with Crippen LogP contribution in [0.4, 0.5) is 0 Å². The van der Waals surface area contributed by atoms with Gasteiger partial charge in [-0.05, 0) is 61.1 Å². The first-order chi connectivity index (χ1) is 13.6. The molecule has 2 aromatic carbocycles. The molecule has 0 aliphatic carbocycles. The third-order valence-corrected chi connectivity index (χ3v) is 5.65. The molecule has 0 spiro atoms. The van der Waals surface area contributed by atoms with Gasteiger partial charge in [-0.3, -0.25) is 4.79 Å². The molecule has 28 heavy (non-hydrogen) atoms. The van der Waals surface area contributed by atoms with E-state index in [0.29, 0.717) is 13.0 Å². The summed E-state index contributed by atoms with van der Waals surface area (Å²) in [7, 11) is 0. The number of fused-ring (bicyclic) bond motifs is 1. The number of thioether (sulfide) groups is 1. The van der Waals surface area contributed by atoms with Gasteiger partial charge < -0.3 is 4.74 Å². The van der Waals surface area contributed by atoms with Crippen molar-refractivity contribution in [3.63, 3.8) is 0 Å². The Morgan fingerprint density at radius 1 is 1.14 bits per heavy atom. The second-order valence-corrected chi connectivity index (χ2v) is 8.32. The first kappa shape index (κ1) is 20.6. The molecule has 5 heteroatoms. The Bertz CT molecular complexity index is 987. The van der Waals surface area contributed by atoms with Gasteiger partial charge in [-0.2, -0.15) is 0 Å². The fraction of sp³-hybridized carbons (Fsp3) is 0.217. The Labute approximate surface area is 178 Å². The van der Waals surface area contributed by atoms with Crippen molar-refractivity contribution >= 4 is 56.7 Å². The topological polar surface area (TPSA) is 39.2 Å². The number of esters is 1. The van der Waals surface area contributed by atoms with Crippen LogP contribution in [0.25, 0.3) is 23.1 Å². The highest BCUT2D eigenvalue weighted by Gasteiger charge is 2.02. The summed E-state index contributed by atoms with van der Waals surface area (Å²) in [4.78, 5) is 17.3. The van der Waals surface area contributed by atoms with E-state index in [2.05, 4.69) is 58.4 Å². The summed E-state index contributed by atoms with van der Waals surface area (Å²) in [5.41, 5.74) is 3.03. The highest BCUT2D eigenvalue weighted by Crippen LogP contribution is 2.22. The number of aromatic nitrogens is 1. The largest absolute Gasteiger partial charge is 0.466 e. The van der Waals surface area contributed by atoms with E-state index in [9.17, 15) is 4.79 Å². The molecule has 0 amide bonds. The SMILES string of the molecule is CCOC(=O)CCCSc1cccc(C=Cc2ccc3ccc(Br)cc3n2)c1. The molecule has 0 saturated heterocycles. The molecule has 0 aliphatic heterocycles. The highest BCUT2D eigenvalue weighted by atomic mass is 79.9. The van der Waals surface area contributed by atoms with Gasteiger partial charge in [0.1, 0.15) is 0 Å². The number of ether oxygens (including phenoxy) is 1. The number of pyridine rings is 1. The second kappa shape index (κ2) is 10.4. The first-order valence-electron chi connectivity index (χ1n) is 9.27. The molecule has 0 saturated carbocycles. The van der Waals surface area contributed by atoms with Crippen LogP contribution in [0, 0.1) is 0 Å². The molecule has 3 aromatic rings. The van der Waals surface area contributed by atoms with Crippen LogP contribution in [-0.4, -0.2) is 23.3 Å². The van der Waals surface area contributed by atoms with E-state index in [0.717, 1.165) is 38.8 Å². The van der Waals surface area contributed by atoms with E-state index >= 15 is 0 Å². The highest BCUT2D eigenvalue weighted by molar-refractivity contribution is 9.10. The fourth-order valence-electron chi connectivity index (χ4n) is 2.73. The van der Waals surface area contributed by atoms with Crippen molar-refractivity contribution in [2.75, 3.05) is 12.4 Å². The number of nitrogens with zero attached hydrogens (tertiary/aromatic N) is 1. The Hall–Kier alpha value is -2.11. The third-order valence-electron chi connectivity index (χ3n) is 4.08. The summed E-state index contributed by atoms with van der Waals surface area (Å²) >= 11 is 5.25. The van der Waals surface area contributed by atoms with E-state index in [1.807, 2.05) is 31.2 Å². The van der Waals surface area contributed by atoms with E-state index < -0.39 is 0 Å². The van der Waals surface area contributed by atoms with Crippen molar-refractivity contribution in [3.8, 4) is 0 Å². The standard InChI is InChI=1S/C23H22BrNO2S/c1-2-27-23(26)7-4-14-28-21-6-3-5-17(15-21)8-12-20-13-10-18-9-11-19(24)16-22(18)25-20/h3,5-6,8-13,15-16H,2,4,7,14H2,1H3. The first-order valence-corrected chi connectivity index (χ1v) is 11.0. The minimum Gasteiger partial charge on any atom is -0.466 e. The van der Waals surface area contributed by atoms with Crippen LogP contribution in [0.1, 0.15) is 31.0 Å². The van der Waals surface area contributed by atoms with Gasteiger partial charge in [0.05, 0.1) is 17.8 Å². The normalized spacial score (nSPS) is 11.2. The molecular formula is C23H22BrNO2S. The van der Waals surface area contributed by atoms with Crippen molar-refractivity contribution in [1.82, 2.24) is 4.98 Å². The van der Waals surface area contributed by atoms with Crippen LogP contribution in [0.5, 0.6) is 0 Å². The predicted molar refractivity (Wildman–Crippen MR) is 121 cm³/mol. The van der Waals surface area contributed by atoms with Crippen molar-refractivity contribution in [1.29, 1.82) is 0 Å². The lowest BCUT2D eigenvalue weighted by molar-refractivity contribution is -0.143. The van der Waals surface area contributed by atoms with Gasteiger partial charge in [0.15, 0.2) is 0 Å². The van der Waals surface area contributed by atoms with E-state index in [4.69, 9.17) is 9.72 Å². The van der Waals surface area contributed by atoms with Gasteiger partial charge in [-0.1, -0.05) is 46.3 Å². The zero-order valence-electron chi connectivity index (χ0n) is 15.7. The van der Waals surface area contributed by atoms with Crippen molar-refractivity contribution < 1.29 is 9.53 Å². The van der Waals surface area contributed by atoms with Crippen LogP contribution >= 0.6 is 27.7 Å². The van der Waals surface area contributed by atoms with Gasteiger partial charge in [0, 0.05) is 21.2 Å². The summed E-state index contributed by atoms with van der Waals surface area (Å²) in [6.07, 6.45) is 5.41. The summed E-state index contributed by atoms with van der Waals surface area (Å²) in [6, 6.07) is 18.6. The maximum atomic E-state index is 11.4. The molecule has 0 fully saturated rings. The average Bonchev–Trinajstić information content (AvgIpc) is 2.70. The molecule has 144 valence electrons. The maximum absolute atomic E-state index is 11.4. The lowest BCUT2D eigenvalue weighted by Gasteiger charge is -2.04. The smallest absolute Gasteiger partial charge is 0.305 e. The molecule has 0 radical (unpaired) electrons. The fourth-order valence-corrected chi connectivity index (χ4v) is 4.00. The number of carbonyl (C=O) groups excluding carboxylic acids is 1. The molecular weight excluding hydrogens is 434 g/mol. The molecule has 0 atom stereocenters. The molecule has 0 N–H and O–H groups in total. The molecule has 0 aliphatic rings. The second-order valence-electron chi connectivity index (χ2n) is 6.24. The number of hydrogen-bond acceptors (Lipinski definition) is 4. The van der Waals surface area contributed by atoms with Crippen LogP contribution in [-0.2, 0) is 9.53 Å².